The summed E-state index contributed by atoms with van der Waals surface area (Å²) in [6.45, 7) is 1.80. The van der Waals surface area contributed by atoms with Crippen molar-refractivity contribution >= 4 is 33.6 Å². The summed E-state index contributed by atoms with van der Waals surface area (Å²) in [6, 6.07) is 7.48. The van der Waals surface area contributed by atoms with Crippen LogP contribution >= 0.6 is 22.6 Å². The third-order valence-electron chi connectivity index (χ3n) is 2.85. The predicted octanol–water partition coefficient (Wildman–Crippen LogP) is 2.80. The first-order valence-corrected chi connectivity index (χ1v) is 6.63. The normalized spacial score (nSPS) is 11.1. The molecule has 6 heteroatoms. The van der Waals surface area contributed by atoms with Gasteiger partial charge in [0.25, 0.3) is 5.56 Å². The van der Waals surface area contributed by atoms with E-state index in [-0.39, 0.29) is 15.0 Å². The molecule has 3 aromatic rings. The molecule has 5 nitrogen and oxygen atoms in total. The molecule has 0 saturated carbocycles. The van der Waals surface area contributed by atoms with E-state index in [1.807, 2.05) is 24.3 Å². The van der Waals surface area contributed by atoms with Crippen LogP contribution in [0, 0.1) is 10.5 Å². The van der Waals surface area contributed by atoms with Gasteiger partial charge >= 0.3 is 0 Å². The van der Waals surface area contributed by atoms with Crippen molar-refractivity contribution in [2.45, 2.75) is 6.92 Å². The highest BCUT2D eigenvalue weighted by molar-refractivity contribution is 14.1. The smallest absolute Gasteiger partial charge is 0.268 e. The number of hydrogen-bond donors (Lipinski definition) is 2. The lowest BCUT2D eigenvalue weighted by Crippen LogP contribution is -2.12. The first-order valence-electron chi connectivity index (χ1n) is 5.55. The minimum Gasteiger partial charge on any atom is -0.492 e. The average molecular weight is 368 g/mol. The van der Waals surface area contributed by atoms with Gasteiger partial charge in [0.2, 0.25) is 5.88 Å². The Morgan fingerprint density at radius 3 is 2.84 bits per heavy atom. The summed E-state index contributed by atoms with van der Waals surface area (Å²) in [5, 5.41) is 10.5. The van der Waals surface area contributed by atoms with Crippen molar-refractivity contribution in [3.63, 3.8) is 0 Å². The van der Waals surface area contributed by atoms with Crippen LogP contribution in [0.1, 0.15) is 5.76 Å². The molecular formula is C13H9IN2O3. The number of aryl methyl sites for hydroxylation is 1. The molecule has 0 bridgehead atoms. The summed E-state index contributed by atoms with van der Waals surface area (Å²) < 4.78 is 5.79. The fourth-order valence-electron chi connectivity index (χ4n) is 2.03. The predicted molar refractivity (Wildman–Crippen MR) is 79.2 cm³/mol. The van der Waals surface area contributed by atoms with E-state index in [0.29, 0.717) is 17.1 Å². The van der Waals surface area contributed by atoms with Crippen LogP contribution in [0.4, 0.5) is 0 Å². The van der Waals surface area contributed by atoms with Crippen LogP contribution in [-0.2, 0) is 0 Å². The number of nitrogens with zero attached hydrogens (tertiary/aromatic N) is 1. The number of nitrogens with one attached hydrogen (secondary N) is 1. The summed E-state index contributed by atoms with van der Waals surface area (Å²) in [5.74, 6) is 0.680. The lowest BCUT2D eigenvalue weighted by Gasteiger charge is -2.01. The minimum absolute atomic E-state index is 0.173. The summed E-state index contributed by atoms with van der Waals surface area (Å²) in [6.07, 6.45) is 0. The Morgan fingerprint density at radius 2 is 2.11 bits per heavy atom. The standard InChI is InChI=1S/C13H9IN2O3/c1-6-9(7-4-2-3-5-8(7)19-6)11-15-12(17)10(14)13(18)16-11/h2-5H,1H3,(H2,15,16,17,18). The third kappa shape index (κ3) is 1.92. The van der Waals surface area contributed by atoms with Crippen molar-refractivity contribution in [2.75, 3.05) is 0 Å². The van der Waals surface area contributed by atoms with E-state index in [9.17, 15) is 9.90 Å². The number of benzene rings is 1. The van der Waals surface area contributed by atoms with Crippen molar-refractivity contribution in [3.8, 4) is 17.3 Å². The minimum atomic E-state index is -0.368. The van der Waals surface area contributed by atoms with Crippen molar-refractivity contribution in [3.05, 3.63) is 43.9 Å². The number of rotatable bonds is 1. The maximum absolute atomic E-state index is 11.7. The van der Waals surface area contributed by atoms with Crippen LogP contribution in [0.2, 0.25) is 0 Å². The Kier molecular flexibility index (Phi) is 2.81. The topological polar surface area (TPSA) is 79.1 Å². The maximum Gasteiger partial charge on any atom is 0.268 e. The summed E-state index contributed by atoms with van der Waals surface area (Å²) in [4.78, 5) is 18.4. The van der Waals surface area contributed by atoms with Crippen molar-refractivity contribution in [2.24, 2.45) is 0 Å². The molecule has 2 aromatic heterocycles. The molecule has 0 unspecified atom stereocenters. The monoisotopic (exact) mass is 368 g/mol. The molecule has 0 radical (unpaired) electrons. The van der Waals surface area contributed by atoms with E-state index in [1.54, 1.807) is 29.5 Å². The highest BCUT2D eigenvalue weighted by Crippen LogP contribution is 2.32. The van der Waals surface area contributed by atoms with Crippen molar-refractivity contribution in [1.82, 2.24) is 9.97 Å². The van der Waals surface area contributed by atoms with Gasteiger partial charge in [0.15, 0.2) is 0 Å². The second-order valence-electron chi connectivity index (χ2n) is 4.08. The van der Waals surface area contributed by atoms with Gasteiger partial charge in [0.05, 0.1) is 5.56 Å². The lowest BCUT2D eigenvalue weighted by molar-refractivity contribution is 0.447. The Balaban J connectivity index is 2.36. The Morgan fingerprint density at radius 1 is 1.37 bits per heavy atom. The summed E-state index contributed by atoms with van der Waals surface area (Å²) in [5.41, 5.74) is 1.04. The SMILES string of the molecule is Cc1oc2ccccc2c1-c1nc(O)c(I)c(=O)[nH]1. The van der Waals surface area contributed by atoms with E-state index < -0.39 is 0 Å². The number of aromatic hydroxyl groups is 1. The van der Waals surface area contributed by atoms with E-state index in [2.05, 4.69) is 9.97 Å². The number of aromatic amines is 1. The van der Waals surface area contributed by atoms with Crippen LogP contribution in [0.5, 0.6) is 5.88 Å². The first-order chi connectivity index (χ1) is 9.08. The van der Waals surface area contributed by atoms with Crippen LogP contribution in [0.25, 0.3) is 22.4 Å². The highest BCUT2D eigenvalue weighted by Gasteiger charge is 2.17. The quantitative estimate of drug-likeness (QED) is 0.648. The second-order valence-corrected chi connectivity index (χ2v) is 5.16. The molecule has 1 aromatic carbocycles. The lowest BCUT2D eigenvalue weighted by atomic mass is 10.1. The number of halogens is 1. The molecule has 0 atom stereocenters. The molecule has 2 heterocycles. The number of para-hydroxylation sites is 1. The third-order valence-corrected chi connectivity index (χ3v) is 3.83. The zero-order valence-corrected chi connectivity index (χ0v) is 12.1. The molecule has 0 saturated heterocycles. The number of furan rings is 1. The van der Waals surface area contributed by atoms with Crippen molar-refractivity contribution in [1.29, 1.82) is 0 Å². The van der Waals surface area contributed by atoms with Gasteiger partial charge in [0.1, 0.15) is 20.7 Å². The Bertz CT molecular complexity index is 836. The van der Waals surface area contributed by atoms with Crippen LogP contribution in [0.3, 0.4) is 0 Å². The largest absolute Gasteiger partial charge is 0.492 e. The van der Waals surface area contributed by atoms with Gasteiger partial charge in [0, 0.05) is 5.39 Å². The van der Waals surface area contributed by atoms with Gasteiger partial charge in [-0.25, -0.2) is 0 Å². The molecule has 2 N–H and O–H groups in total. The van der Waals surface area contributed by atoms with Crippen LogP contribution < -0.4 is 5.56 Å². The summed E-state index contributed by atoms with van der Waals surface area (Å²) in [7, 11) is 0. The van der Waals surface area contributed by atoms with E-state index in [0.717, 1.165) is 11.0 Å². The van der Waals surface area contributed by atoms with E-state index >= 15 is 0 Å². The molecule has 0 aliphatic heterocycles. The molecule has 3 rings (SSSR count). The van der Waals surface area contributed by atoms with Gasteiger partial charge in [-0.15, -0.1) is 0 Å². The number of fused-ring (bicyclic) bond motifs is 1. The van der Waals surface area contributed by atoms with Crippen molar-refractivity contribution < 1.29 is 9.52 Å². The fourth-order valence-corrected chi connectivity index (χ4v) is 2.28. The van der Waals surface area contributed by atoms with Gasteiger partial charge in [-0.1, -0.05) is 18.2 Å². The van der Waals surface area contributed by atoms with Gasteiger partial charge in [-0.3, -0.25) is 4.79 Å². The zero-order valence-electron chi connectivity index (χ0n) is 9.90. The highest BCUT2D eigenvalue weighted by atomic mass is 127. The number of H-pyrrole nitrogens is 1. The van der Waals surface area contributed by atoms with E-state index in [1.165, 1.54) is 0 Å². The molecule has 0 fully saturated rings. The van der Waals surface area contributed by atoms with Gasteiger partial charge < -0.3 is 14.5 Å². The number of hydrogen-bond acceptors (Lipinski definition) is 4. The molecular weight excluding hydrogens is 359 g/mol. The van der Waals surface area contributed by atoms with Crippen LogP contribution in [-0.4, -0.2) is 15.1 Å². The van der Waals surface area contributed by atoms with Gasteiger partial charge in [-0.05, 0) is 35.6 Å². The molecule has 0 amide bonds. The average Bonchev–Trinajstić information content (AvgIpc) is 2.71. The molecule has 0 spiro atoms. The fraction of sp³-hybridized carbons (Fsp3) is 0.0769. The summed E-state index contributed by atoms with van der Waals surface area (Å²) >= 11 is 1.75. The zero-order chi connectivity index (χ0) is 13.6. The maximum atomic E-state index is 11.7. The molecule has 0 aliphatic carbocycles. The van der Waals surface area contributed by atoms with Gasteiger partial charge in [-0.2, -0.15) is 4.98 Å². The Labute approximate surface area is 121 Å². The number of aromatic nitrogens is 2. The van der Waals surface area contributed by atoms with Crippen LogP contribution in [0.15, 0.2) is 33.5 Å². The van der Waals surface area contributed by atoms with E-state index in [4.69, 9.17) is 4.42 Å². The molecule has 0 aliphatic rings. The second kappa shape index (κ2) is 4.37. The molecule has 19 heavy (non-hydrogen) atoms. The molecule has 96 valence electrons. The Hall–Kier alpha value is -1.83. The first kappa shape index (κ1) is 12.2.